The van der Waals surface area contributed by atoms with Crippen molar-refractivity contribution in [3.05, 3.63) is 28.8 Å². The van der Waals surface area contributed by atoms with Crippen LogP contribution in [0.3, 0.4) is 0 Å². The minimum Gasteiger partial charge on any atom is -0.367 e. The molecule has 0 saturated carbocycles. The Hall–Kier alpha value is -1.13. The normalized spacial score (nSPS) is 13.1. The molecule has 0 amide bonds. The third-order valence-corrected chi connectivity index (χ3v) is 2.85. The summed E-state index contributed by atoms with van der Waals surface area (Å²) in [5.74, 6) is 0. The zero-order valence-electron chi connectivity index (χ0n) is 7.32. The largest absolute Gasteiger partial charge is 0.367 e. The highest BCUT2D eigenvalue weighted by Gasteiger charge is 2.07. The van der Waals surface area contributed by atoms with E-state index >= 15 is 0 Å². The van der Waals surface area contributed by atoms with E-state index < -0.39 is 0 Å². The number of H-pyrrole nitrogens is 1. The van der Waals surface area contributed by atoms with Gasteiger partial charge in [-0.3, -0.25) is 0 Å². The number of rotatable bonds is 2. The van der Waals surface area contributed by atoms with Gasteiger partial charge in [-0.2, -0.15) is 0 Å². The summed E-state index contributed by atoms with van der Waals surface area (Å²) in [7, 11) is 0. The van der Waals surface area contributed by atoms with Crippen molar-refractivity contribution in [3.8, 4) is 11.3 Å². The Morgan fingerprint density at radius 2 is 2.46 bits per heavy atom. The quantitative estimate of drug-likeness (QED) is 0.767. The highest BCUT2D eigenvalue weighted by molar-refractivity contribution is 7.10. The highest BCUT2D eigenvalue weighted by atomic mass is 32.1. The Kier molecular flexibility index (Phi) is 2.16. The van der Waals surface area contributed by atoms with Crippen LogP contribution >= 0.6 is 11.3 Å². The fraction of sp³-hybridized carbons (Fsp3) is 0.222. The van der Waals surface area contributed by atoms with Crippen LogP contribution in [-0.4, -0.2) is 9.97 Å². The molecule has 4 heteroatoms. The Balaban J connectivity index is 2.33. The lowest BCUT2D eigenvalue weighted by molar-refractivity contribution is 0.808. The fourth-order valence-electron chi connectivity index (χ4n) is 1.11. The number of aromatic amines is 1. The Morgan fingerprint density at radius 3 is 3.00 bits per heavy atom. The summed E-state index contributed by atoms with van der Waals surface area (Å²) in [4.78, 5) is 7.43. The molecule has 3 N–H and O–H groups in total. The minimum atomic E-state index is 0.0256. The summed E-state index contributed by atoms with van der Waals surface area (Å²) in [6.07, 6.45) is 3.82. The van der Waals surface area contributed by atoms with Gasteiger partial charge in [-0.25, -0.2) is 4.98 Å². The molecule has 0 aliphatic heterocycles. The third kappa shape index (κ3) is 1.64. The first-order chi connectivity index (χ1) is 6.27. The second-order valence-electron chi connectivity index (χ2n) is 2.96. The van der Waals surface area contributed by atoms with Gasteiger partial charge in [0.05, 0.1) is 11.7 Å². The molecule has 0 spiro atoms. The van der Waals surface area contributed by atoms with Crippen molar-refractivity contribution in [2.24, 2.45) is 5.73 Å². The van der Waals surface area contributed by atoms with Gasteiger partial charge < -0.3 is 10.7 Å². The molecule has 0 aliphatic carbocycles. The highest BCUT2D eigenvalue weighted by Crippen LogP contribution is 2.23. The first-order valence-electron chi connectivity index (χ1n) is 4.11. The maximum atomic E-state index is 5.72. The molecule has 13 heavy (non-hydrogen) atoms. The van der Waals surface area contributed by atoms with E-state index in [2.05, 4.69) is 9.97 Å². The van der Waals surface area contributed by atoms with Gasteiger partial charge in [0.25, 0.3) is 0 Å². The van der Waals surface area contributed by atoms with Crippen molar-refractivity contribution in [3.63, 3.8) is 0 Å². The Labute approximate surface area is 80.6 Å². The average molecular weight is 193 g/mol. The molecule has 2 rings (SSSR count). The van der Waals surface area contributed by atoms with Gasteiger partial charge >= 0.3 is 0 Å². The van der Waals surface area contributed by atoms with Crippen molar-refractivity contribution < 1.29 is 0 Å². The van der Waals surface area contributed by atoms with Gasteiger partial charge in [0.1, 0.15) is 5.01 Å². The van der Waals surface area contributed by atoms with Gasteiger partial charge in [-0.05, 0) is 13.0 Å². The predicted molar refractivity (Wildman–Crippen MR) is 54.5 cm³/mol. The third-order valence-electron chi connectivity index (χ3n) is 1.81. The van der Waals surface area contributed by atoms with Crippen LogP contribution in [0.1, 0.15) is 18.0 Å². The molecule has 2 aromatic rings. The van der Waals surface area contributed by atoms with Gasteiger partial charge in [0.15, 0.2) is 0 Å². The zero-order chi connectivity index (χ0) is 9.26. The molecule has 0 fully saturated rings. The van der Waals surface area contributed by atoms with Gasteiger partial charge in [0, 0.05) is 23.3 Å². The molecule has 0 aliphatic rings. The maximum Gasteiger partial charge on any atom is 0.110 e. The first kappa shape index (κ1) is 8.47. The van der Waals surface area contributed by atoms with Crippen LogP contribution in [0.4, 0.5) is 0 Å². The molecular weight excluding hydrogens is 182 g/mol. The van der Waals surface area contributed by atoms with E-state index in [1.54, 1.807) is 11.3 Å². The SMILES string of the molecule is CC(N)c1nc(-c2cc[nH]c2)cs1. The second-order valence-corrected chi connectivity index (χ2v) is 3.85. The summed E-state index contributed by atoms with van der Waals surface area (Å²) >= 11 is 1.61. The molecule has 3 nitrogen and oxygen atoms in total. The number of hydrogen-bond donors (Lipinski definition) is 2. The van der Waals surface area contributed by atoms with E-state index in [9.17, 15) is 0 Å². The predicted octanol–water partition coefficient (Wildman–Crippen LogP) is 2.16. The summed E-state index contributed by atoms with van der Waals surface area (Å²) in [6, 6.07) is 2.03. The van der Waals surface area contributed by atoms with Gasteiger partial charge in [-0.15, -0.1) is 11.3 Å². The summed E-state index contributed by atoms with van der Waals surface area (Å²) < 4.78 is 0. The number of nitrogens with one attached hydrogen (secondary N) is 1. The number of nitrogens with zero attached hydrogens (tertiary/aromatic N) is 1. The van der Waals surface area contributed by atoms with Gasteiger partial charge in [-0.1, -0.05) is 0 Å². The molecule has 0 saturated heterocycles. The van der Waals surface area contributed by atoms with Crippen LogP contribution in [0, 0.1) is 0 Å². The lowest BCUT2D eigenvalue weighted by Crippen LogP contribution is -2.03. The molecule has 2 heterocycles. The smallest absolute Gasteiger partial charge is 0.110 e. The molecule has 0 aromatic carbocycles. The minimum absolute atomic E-state index is 0.0256. The molecule has 0 radical (unpaired) electrons. The van der Waals surface area contributed by atoms with Crippen LogP contribution < -0.4 is 5.73 Å². The van der Waals surface area contributed by atoms with E-state index in [1.165, 1.54) is 0 Å². The summed E-state index contributed by atoms with van der Waals surface area (Å²) in [5, 5.41) is 3.01. The summed E-state index contributed by atoms with van der Waals surface area (Å²) in [6.45, 7) is 1.94. The van der Waals surface area contributed by atoms with E-state index in [4.69, 9.17) is 5.73 Å². The topological polar surface area (TPSA) is 54.7 Å². The van der Waals surface area contributed by atoms with E-state index in [0.29, 0.717) is 0 Å². The van der Waals surface area contributed by atoms with E-state index in [0.717, 1.165) is 16.3 Å². The molecule has 1 unspecified atom stereocenters. The number of hydrogen-bond acceptors (Lipinski definition) is 3. The number of thiazole rings is 1. The van der Waals surface area contributed by atoms with Crippen molar-refractivity contribution in [2.45, 2.75) is 13.0 Å². The van der Waals surface area contributed by atoms with Crippen LogP contribution in [0.25, 0.3) is 11.3 Å². The monoisotopic (exact) mass is 193 g/mol. The van der Waals surface area contributed by atoms with Crippen molar-refractivity contribution in [1.29, 1.82) is 0 Å². The van der Waals surface area contributed by atoms with E-state index in [1.807, 2.05) is 30.8 Å². The van der Waals surface area contributed by atoms with Crippen molar-refractivity contribution >= 4 is 11.3 Å². The lowest BCUT2D eigenvalue weighted by Gasteiger charge is -1.96. The standard InChI is InChI=1S/C9H11N3S/c1-6(10)9-12-8(5-13-9)7-2-3-11-4-7/h2-6,11H,10H2,1H3. The zero-order valence-corrected chi connectivity index (χ0v) is 8.14. The van der Waals surface area contributed by atoms with Crippen LogP contribution in [0.2, 0.25) is 0 Å². The molecular formula is C9H11N3S. The van der Waals surface area contributed by atoms with Crippen molar-refractivity contribution in [2.75, 3.05) is 0 Å². The molecule has 0 bridgehead atoms. The van der Waals surface area contributed by atoms with Gasteiger partial charge in [0.2, 0.25) is 0 Å². The number of nitrogens with two attached hydrogens (primary N) is 1. The van der Waals surface area contributed by atoms with E-state index in [-0.39, 0.29) is 6.04 Å². The van der Waals surface area contributed by atoms with Crippen molar-refractivity contribution in [1.82, 2.24) is 9.97 Å². The van der Waals surface area contributed by atoms with Crippen LogP contribution in [-0.2, 0) is 0 Å². The fourth-order valence-corrected chi connectivity index (χ4v) is 1.90. The summed E-state index contributed by atoms with van der Waals surface area (Å²) in [5.41, 5.74) is 7.83. The van der Waals surface area contributed by atoms with Crippen LogP contribution in [0.5, 0.6) is 0 Å². The molecule has 2 aromatic heterocycles. The average Bonchev–Trinajstić information content (AvgIpc) is 2.75. The molecule has 1 atom stereocenters. The Morgan fingerprint density at radius 1 is 1.62 bits per heavy atom. The molecule has 68 valence electrons. The lowest BCUT2D eigenvalue weighted by atomic mass is 10.3. The van der Waals surface area contributed by atoms with Crippen LogP contribution in [0.15, 0.2) is 23.8 Å². The second kappa shape index (κ2) is 3.32. The Bertz CT molecular complexity index is 375. The first-order valence-corrected chi connectivity index (χ1v) is 4.99. The number of aromatic nitrogens is 2. The maximum absolute atomic E-state index is 5.72.